The number of esters is 1. The lowest BCUT2D eigenvalue weighted by molar-refractivity contribution is 0.0599. The van der Waals surface area contributed by atoms with Gasteiger partial charge in [-0.05, 0) is 24.8 Å². The second kappa shape index (κ2) is 7.42. The van der Waals surface area contributed by atoms with Crippen molar-refractivity contribution >= 4 is 19.9 Å². The standard InChI is InChI=1S/C17H29N3O2Si/c1-6-14-15(17(21)22-2)16(19-11-18-14)20-12-7-9-13(10-8-12)23(3,4)5/h11-13H,6-10H2,1-5H3,(H,18,19,20)/t12-,13+. The highest BCUT2D eigenvalue weighted by Crippen LogP contribution is 2.37. The molecule has 0 saturated heterocycles. The van der Waals surface area contributed by atoms with Crippen molar-refractivity contribution in [2.24, 2.45) is 0 Å². The summed E-state index contributed by atoms with van der Waals surface area (Å²) in [4.78, 5) is 20.6. The first kappa shape index (κ1) is 17.9. The maximum atomic E-state index is 12.1. The van der Waals surface area contributed by atoms with Gasteiger partial charge in [0.25, 0.3) is 0 Å². The number of aromatic nitrogens is 2. The predicted octanol–water partition coefficient (Wildman–Crippen LogP) is 3.89. The van der Waals surface area contributed by atoms with Crippen LogP contribution in [-0.2, 0) is 11.2 Å². The second-order valence-electron chi connectivity index (χ2n) is 7.45. The number of methoxy groups -OCH3 is 1. The normalized spacial score (nSPS) is 21.8. The lowest BCUT2D eigenvalue weighted by Gasteiger charge is -2.36. The summed E-state index contributed by atoms with van der Waals surface area (Å²) in [6.07, 6.45) is 7.03. The Morgan fingerprint density at radius 1 is 1.26 bits per heavy atom. The van der Waals surface area contributed by atoms with Crippen molar-refractivity contribution in [2.45, 2.75) is 70.3 Å². The van der Waals surface area contributed by atoms with Crippen LogP contribution < -0.4 is 5.32 Å². The zero-order chi connectivity index (χ0) is 17.0. The minimum atomic E-state index is -1.05. The third kappa shape index (κ3) is 4.31. The highest BCUT2D eigenvalue weighted by atomic mass is 28.3. The molecule has 0 unspecified atom stereocenters. The molecule has 0 radical (unpaired) electrons. The number of rotatable bonds is 5. The molecular weight excluding hydrogens is 306 g/mol. The molecule has 0 atom stereocenters. The zero-order valence-electron chi connectivity index (χ0n) is 15.0. The van der Waals surface area contributed by atoms with E-state index in [1.165, 1.54) is 26.3 Å². The quantitative estimate of drug-likeness (QED) is 0.653. The van der Waals surface area contributed by atoms with Crippen LogP contribution in [0.2, 0.25) is 25.2 Å². The number of nitrogens with one attached hydrogen (secondary N) is 1. The molecule has 1 aromatic heterocycles. The van der Waals surface area contributed by atoms with Crippen molar-refractivity contribution in [1.82, 2.24) is 9.97 Å². The van der Waals surface area contributed by atoms with Crippen LogP contribution in [0.5, 0.6) is 0 Å². The van der Waals surface area contributed by atoms with Crippen LogP contribution >= 0.6 is 0 Å². The molecule has 1 fully saturated rings. The Labute approximate surface area is 140 Å². The largest absolute Gasteiger partial charge is 0.465 e. The van der Waals surface area contributed by atoms with Crippen LogP contribution in [0.15, 0.2) is 6.33 Å². The van der Waals surface area contributed by atoms with Crippen LogP contribution in [0.3, 0.4) is 0 Å². The fourth-order valence-electron chi connectivity index (χ4n) is 3.41. The van der Waals surface area contributed by atoms with Crippen LogP contribution in [0.25, 0.3) is 0 Å². The summed E-state index contributed by atoms with van der Waals surface area (Å²) in [5.41, 5.74) is 2.13. The second-order valence-corrected chi connectivity index (χ2v) is 13.0. The van der Waals surface area contributed by atoms with Gasteiger partial charge in [0.1, 0.15) is 17.7 Å². The Morgan fingerprint density at radius 3 is 2.43 bits per heavy atom. The summed E-state index contributed by atoms with van der Waals surface area (Å²) >= 11 is 0. The average molecular weight is 336 g/mol. The van der Waals surface area contributed by atoms with Gasteiger partial charge < -0.3 is 10.1 Å². The lowest BCUT2D eigenvalue weighted by atomic mass is 9.94. The van der Waals surface area contributed by atoms with Gasteiger partial charge in [0, 0.05) is 14.1 Å². The fourth-order valence-corrected chi connectivity index (χ4v) is 5.48. The van der Waals surface area contributed by atoms with Gasteiger partial charge in [0.15, 0.2) is 0 Å². The van der Waals surface area contributed by atoms with E-state index in [1.807, 2.05) is 6.92 Å². The molecule has 0 aliphatic heterocycles. The minimum absolute atomic E-state index is 0.360. The molecule has 2 rings (SSSR count). The molecule has 0 bridgehead atoms. The SMILES string of the molecule is CCc1ncnc(N[C@H]2CC[C@@H]([Si](C)(C)C)CC2)c1C(=O)OC. The van der Waals surface area contributed by atoms with Gasteiger partial charge >= 0.3 is 5.97 Å². The van der Waals surface area contributed by atoms with Crippen molar-refractivity contribution in [3.8, 4) is 0 Å². The van der Waals surface area contributed by atoms with E-state index in [-0.39, 0.29) is 5.97 Å². The summed E-state index contributed by atoms with van der Waals surface area (Å²) < 4.78 is 4.92. The maximum absolute atomic E-state index is 12.1. The van der Waals surface area contributed by atoms with Crippen LogP contribution in [-0.4, -0.2) is 37.2 Å². The molecule has 1 N–H and O–H groups in total. The first-order chi connectivity index (χ1) is 10.9. The molecule has 6 heteroatoms. The molecule has 1 saturated carbocycles. The van der Waals surface area contributed by atoms with E-state index in [4.69, 9.17) is 4.74 Å². The molecular formula is C17H29N3O2Si. The van der Waals surface area contributed by atoms with Crippen LogP contribution in [0.4, 0.5) is 5.82 Å². The van der Waals surface area contributed by atoms with Gasteiger partial charge in [-0.1, -0.05) is 39.4 Å². The molecule has 1 aliphatic rings. The number of anilines is 1. The molecule has 128 valence electrons. The van der Waals surface area contributed by atoms with E-state index < -0.39 is 8.07 Å². The van der Waals surface area contributed by atoms with E-state index in [9.17, 15) is 4.79 Å². The van der Waals surface area contributed by atoms with E-state index in [2.05, 4.69) is 34.9 Å². The number of nitrogens with zero attached hydrogens (tertiary/aromatic N) is 2. The summed E-state index contributed by atoms with van der Waals surface area (Å²) in [5.74, 6) is 0.265. The Balaban J connectivity index is 2.11. The van der Waals surface area contributed by atoms with Gasteiger partial charge in [-0.25, -0.2) is 14.8 Å². The number of ether oxygens (including phenoxy) is 1. The van der Waals surface area contributed by atoms with Crippen molar-refractivity contribution < 1.29 is 9.53 Å². The number of hydrogen-bond donors (Lipinski definition) is 1. The zero-order valence-corrected chi connectivity index (χ0v) is 16.0. The van der Waals surface area contributed by atoms with Gasteiger partial charge in [-0.15, -0.1) is 0 Å². The van der Waals surface area contributed by atoms with Gasteiger partial charge in [0.2, 0.25) is 0 Å². The number of carbonyl (C=O) groups is 1. The van der Waals surface area contributed by atoms with E-state index in [0.29, 0.717) is 23.8 Å². The summed E-state index contributed by atoms with van der Waals surface area (Å²) in [6, 6.07) is 0.380. The molecule has 0 spiro atoms. The highest BCUT2D eigenvalue weighted by Gasteiger charge is 2.31. The predicted molar refractivity (Wildman–Crippen MR) is 95.7 cm³/mol. The van der Waals surface area contributed by atoms with Crippen LogP contribution in [0, 0.1) is 0 Å². The average Bonchev–Trinajstić information content (AvgIpc) is 2.53. The molecule has 23 heavy (non-hydrogen) atoms. The Kier molecular flexibility index (Phi) is 5.78. The Bertz CT molecular complexity index is 549. The molecule has 1 aromatic rings. The lowest BCUT2D eigenvalue weighted by Crippen LogP contribution is -2.35. The monoisotopic (exact) mass is 335 g/mol. The topological polar surface area (TPSA) is 64.1 Å². The highest BCUT2D eigenvalue weighted by molar-refractivity contribution is 6.77. The first-order valence-electron chi connectivity index (χ1n) is 8.55. The van der Waals surface area contributed by atoms with Gasteiger partial charge in [0.05, 0.1) is 12.8 Å². The summed E-state index contributed by atoms with van der Waals surface area (Å²) in [7, 11) is 0.346. The number of aryl methyl sites for hydroxylation is 1. The Morgan fingerprint density at radius 2 is 1.91 bits per heavy atom. The summed E-state index contributed by atoms with van der Waals surface area (Å²) in [6.45, 7) is 9.36. The van der Waals surface area contributed by atoms with E-state index in [0.717, 1.165) is 24.1 Å². The van der Waals surface area contributed by atoms with Gasteiger partial charge in [-0.3, -0.25) is 0 Å². The smallest absolute Gasteiger partial charge is 0.343 e. The number of carbonyl (C=O) groups excluding carboxylic acids is 1. The third-order valence-corrected chi connectivity index (χ3v) is 7.97. The van der Waals surface area contributed by atoms with Crippen molar-refractivity contribution in [2.75, 3.05) is 12.4 Å². The maximum Gasteiger partial charge on any atom is 0.343 e. The minimum Gasteiger partial charge on any atom is -0.465 e. The van der Waals surface area contributed by atoms with Crippen LogP contribution in [0.1, 0.15) is 48.7 Å². The number of hydrogen-bond acceptors (Lipinski definition) is 5. The van der Waals surface area contributed by atoms with Crippen molar-refractivity contribution in [3.63, 3.8) is 0 Å². The first-order valence-corrected chi connectivity index (χ1v) is 12.1. The van der Waals surface area contributed by atoms with Crippen molar-refractivity contribution in [3.05, 3.63) is 17.6 Å². The van der Waals surface area contributed by atoms with Gasteiger partial charge in [-0.2, -0.15) is 0 Å². The fraction of sp³-hybridized carbons (Fsp3) is 0.706. The molecule has 1 aliphatic carbocycles. The Hall–Kier alpha value is -1.43. The van der Waals surface area contributed by atoms with E-state index in [1.54, 1.807) is 0 Å². The molecule has 5 nitrogen and oxygen atoms in total. The molecule has 0 amide bonds. The molecule has 1 heterocycles. The van der Waals surface area contributed by atoms with Crippen molar-refractivity contribution in [1.29, 1.82) is 0 Å². The molecule has 0 aromatic carbocycles. The van der Waals surface area contributed by atoms with E-state index >= 15 is 0 Å². The third-order valence-electron chi connectivity index (χ3n) is 4.94. The summed E-state index contributed by atoms with van der Waals surface area (Å²) in [5, 5.41) is 3.47.